The fourth-order valence-electron chi connectivity index (χ4n) is 2.61. The average molecular weight is 335 g/mol. The van der Waals surface area contributed by atoms with Crippen LogP contribution in [0.5, 0.6) is 0 Å². The summed E-state index contributed by atoms with van der Waals surface area (Å²) in [6.07, 6.45) is 1.35. The van der Waals surface area contributed by atoms with Crippen molar-refractivity contribution >= 4 is 17.6 Å². The molecule has 0 radical (unpaired) electrons. The highest BCUT2D eigenvalue weighted by Crippen LogP contribution is 2.17. The van der Waals surface area contributed by atoms with Crippen LogP contribution < -0.4 is 16.0 Å². The fourth-order valence-corrected chi connectivity index (χ4v) is 2.61. The van der Waals surface area contributed by atoms with Crippen molar-refractivity contribution in [2.45, 2.75) is 19.8 Å². The van der Waals surface area contributed by atoms with Crippen LogP contribution in [0.25, 0.3) is 0 Å². The second-order valence-electron chi connectivity index (χ2n) is 5.79. The molecule has 132 valence electrons. The van der Waals surface area contributed by atoms with Crippen LogP contribution in [0.1, 0.15) is 19.8 Å². The molecule has 24 heavy (non-hydrogen) atoms. The highest BCUT2D eigenvalue weighted by atomic mass is 19.1. The highest BCUT2D eigenvalue weighted by Gasteiger charge is 2.20. The Morgan fingerprint density at radius 2 is 1.92 bits per heavy atom. The molecule has 7 heteroatoms. The zero-order valence-electron chi connectivity index (χ0n) is 14.2. The molecule has 1 amide bonds. The number of rotatable bonds is 6. The number of benzene rings is 1. The van der Waals surface area contributed by atoms with E-state index in [2.05, 4.69) is 15.2 Å². The number of anilines is 1. The Kier molecular flexibility index (Phi) is 6.84. The second-order valence-corrected chi connectivity index (χ2v) is 5.79. The molecule has 6 nitrogen and oxygen atoms in total. The number of nitrogens with two attached hydrogens (primary N) is 1. The summed E-state index contributed by atoms with van der Waals surface area (Å²) < 4.78 is 13.0. The Morgan fingerprint density at radius 3 is 2.54 bits per heavy atom. The zero-order chi connectivity index (χ0) is 17.4. The number of guanidine groups is 1. The molecule has 0 unspecified atom stereocenters. The summed E-state index contributed by atoms with van der Waals surface area (Å²) in [5, 5.41) is 2.96. The minimum absolute atomic E-state index is 0.115. The van der Waals surface area contributed by atoms with Crippen molar-refractivity contribution in [1.29, 1.82) is 0 Å². The summed E-state index contributed by atoms with van der Waals surface area (Å²) in [4.78, 5) is 20.4. The van der Waals surface area contributed by atoms with E-state index in [1.54, 1.807) is 12.1 Å². The van der Waals surface area contributed by atoms with Crippen molar-refractivity contribution in [1.82, 2.24) is 10.2 Å². The van der Waals surface area contributed by atoms with Gasteiger partial charge < -0.3 is 20.9 Å². The van der Waals surface area contributed by atoms with Crippen LogP contribution in [0.15, 0.2) is 29.3 Å². The van der Waals surface area contributed by atoms with E-state index in [0.717, 1.165) is 25.2 Å². The van der Waals surface area contributed by atoms with Crippen molar-refractivity contribution in [2.24, 2.45) is 10.7 Å². The molecule has 1 aliphatic heterocycles. The first-order chi connectivity index (χ1) is 11.6. The van der Waals surface area contributed by atoms with Crippen molar-refractivity contribution in [3.8, 4) is 0 Å². The van der Waals surface area contributed by atoms with Gasteiger partial charge in [-0.05, 0) is 30.7 Å². The zero-order valence-corrected chi connectivity index (χ0v) is 14.2. The van der Waals surface area contributed by atoms with Crippen LogP contribution >= 0.6 is 0 Å². The number of carbonyl (C=O) groups excluding carboxylic acids is 1. The summed E-state index contributed by atoms with van der Waals surface area (Å²) >= 11 is 0. The molecular formula is C17H26FN5O. The van der Waals surface area contributed by atoms with E-state index in [0.29, 0.717) is 38.6 Å². The first-order valence-electron chi connectivity index (χ1n) is 8.42. The van der Waals surface area contributed by atoms with Gasteiger partial charge in [0.25, 0.3) is 0 Å². The molecule has 1 aliphatic rings. The number of carbonyl (C=O) groups is 1. The van der Waals surface area contributed by atoms with Gasteiger partial charge in [0.2, 0.25) is 5.91 Å². The maximum absolute atomic E-state index is 13.0. The van der Waals surface area contributed by atoms with Gasteiger partial charge in [-0.1, -0.05) is 6.92 Å². The van der Waals surface area contributed by atoms with Crippen LogP contribution in [-0.2, 0) is 4.79 Å². The number of halogens is 1. The molecule has 0 aromatic heterocycles. The lowest BCUT2D eigenvalue weighted by Gasteiger charge is -2.36. The lowest BCUT2D eigenvalue weighted by Crippen LogP contribution is -2.49. The van der Waals surface area contributed by atoms with Gasteiger partial charge in [0.15, 0.2) is 5.96 Å². The quantitative estimate of drug-likeness (QED) is 0.605. The topological polar surface area (TPSA) is 74.0 Å². The van der Waals surface area contributed by atoms with E-state index in [4.69, 9.17) is 5.73 Å². The number of nitrogens with one attached hydrogen (secondary N) is 1. The Bertz CT molecular complexity index is 553. The third kappa shape index (κ3) is 5.40. The monoisotopic (exact) mass is 335 g/mol. The molecule has 3 N–H and O–H groups in total. The Morgan fingerprint density at radius 1 is 1.25 bits per heavy atom. The Labute approximate surface area is 142 Å². The van der Waals surface area contributed by atoms with Gasteiger partial charge in [-0.3, -0.25) is 9.79 Å². The van der Waals surface area contributed by atoms with Crippen LogP contribution in [-0.4, -0.2) is 56.0 Å². The largest absolute Gasteiger partial charge is 0.370 e. The van der Waals surface area contributed by atoms with E-state index < -0.39 is 0 Å². The Hall–Kier alpha value is -2.31. The number of hydrogen-bond donors (Lipinski definition) is 2. The minimum atomic E-state index is -0.234. The van der Waals surface area contributed by atoms with E-state index >= 15 is 0 Å². The molecule has 2 rings (SSSR count). The van der Waals surface area contributed by atoms with Crippen LogP contribution in [0.4, 0.5) is 10.1 Å². The van der Waals surface area contributed by atoms with Gasteiger partial charge in [-0.15, -0.1) is 0 Å². The molecule has 0 aliphatic carbocycles. The first-order valence-corrected chi connectivity index (χ1v) is 8.42. The van der Waals surface area contributed by atoms with Crippen molar-refractivity contribution in [3.05, 3.63) is 30.1 Å². The number of piperazine rings is 1. The SMILES string of the molecule is CCCN=C(N)NCCC(=O)N1CCN(c2ccc(F)cc2)CC1. The summed E-state index contributed by atoms with van der Waals surface area (Å²) in [6, 6.07) is 6.47. The first kappa shape index (κ1) is 18.0. The van der Waals surface area contributed by atoms with Gasteiger partial charge >= 0.3 is 0 Å². The van der Waals surface area contributed by atoms with Crippen molar-refractivity contribution in [2.75, 3.05) is 44.2 Å². The maximum atomic E-state index is 13.0. The minimum Gasteiger partial charge on any atom is -0.370 e. The molecule has 0 bridgehead atoms. The number of amides is 1. The molecule has 0 spiro atoms. The maximum Gasteiger partial charge on any atom is 0.224 e. The average Bonchev–Trinajstić information content (AvgIpc) is 2.60. The van der Waals surface area contributed by atoms with Crippen molar-refractivity contribution < 1.29 is 9.18 Å². The normalized spacial score (nSPS) is 15.5. The standard InChI is InChI=1S/C17H26FN5O/c1-2-8-20-17(19)21-9-7-16(24)23-12-10-22(11-13-23)15-5-3-14(18)4-6-15/h3-6H,2,7-13H2,1H3,(H3,19,20,21). The molecule has 0 atom stereocenters. The molecule has 0 saturated carbocycles. The third-order valence-corrected chi connectivity index (χ3v) is 3.97. The Balaban J connectivity index is 1.71. The van der Waals surface area contributed by atoms with Crippen LogP contribution in [0, 0.1) is 5.82 Å². The van der Waals surface area contributed by atoms with Crippen molar-refractivity contribution in [3.63, 3.8) is 0 Å². The number of aliphatic imine (C=N–C) groups is 1. The predicted octanol–water partition coefficient (Wildman–Crippen LogP) is 1.18. The lowest BCUT2D eigenvalue weighted by atomic mass is 10.2. The smallest absolute Gasteiger partial charge is 0.224 e. The molecular weight excluding hydrogens is 309 g/mol. The molecule has 1 fully saturated rings. The summed E-state index contributed by atoms with van der Waals surface area (Å²) in [5.41, 5.74) is 6.69. The summed E-state index contributed by atoms with van der Waals surface area (Å²) in [6.45, 7) is 6.08. The van der Waals surface area contributed by atoms with E-state index in [1.807, 2.05) is 11.8 Å². The summed E-state index contributed by atoms with van der Waals surface area (Å²) in [5.74, 6) is 0.275. The van der Waals surface area contributed by atoms with Crippen LogP contribution in [0.2, 0.25) is 0 Å². The van der Waals surface area contributed by atoms with Gasteiger partial charge in [-0.2, -0.15) is 0 Å². The van der Waals surface area contributed by atoms with Gasteiger partial charge in [-0.25, -0.2) is 4.39 Å². The number of hydrogen-bond acceptors (Lipinski definition) is 3. The lowest BCUT2D eigenvalue weighted by molar-refractivity contribution is -0.131. The van der Waals surface area contributed by atoms with E-state index in [9.17, 15) is 9.18 Å². The molecule has 1 aromatic carbocycles. The fraction of sp³-hybridized carbons (Fsp3) is 0.529. The third-order valence-electron chi connectivity index (χ3n) is 3.97. The molecule has 1 heterocycles. The highest BCUT2D eigenvalue weighted by molar-refractivity contribution is 5.80. The van der Waals surface area contributed by atoms with Gasteiger partial charge in [0.05, 0.1) is 0 Å². The van der Waals surface area contributed by atoms with E-state index in [1.165, 1.54) is 12.1 Å². The second kappa shape index (κ2) is 9.10. The predicted molar refractivity (Wildman–Crippen MR) is 94.6 cm³/mol. The molecule has 1 saturated heterocycles. The summed E-state index contributed by atoms with van der Waals surface area (Å²) in [7, 11) is 0. The number of nitrogens with zero attached hydrogens (tertiary/aromatic N) is 3. The van der Waals surface area contributed by atoms with Gasteiger partial charge in [0, 0.05) is 51.4 Å². The van der Waals surface area contributed by atoms with Gasteiger partial charge in [0.1, 0.15) is 5.82 Å². The van der Waals surface area contributed by atoms with Crippen LogP contribution in [0.3, 0.4) is 0 Å². The van der Waals surface area contributed by atoms with E-state index in [-0.39, 0.29) is 11.7 Å². The molecule has 1 aromatic rings.